The maximum atomic E-state index is 15.9. The molecule has 0 spiro atoms. The Labute approximate surface area is 215 Å². The van der Waals surface area contributed by atoms with Gasteiger partial charge in [-0.25, -0.2) is 0 Å². The van der Waals surface area contributed by atoms with Gasteiger partial charge in [-0.05, 0) is 70.1 Å². The maximum Gasteiger partial charge on any atom is 0.285 e. The molecule has 36 heavy (non-hydrogen) atoms. The molecule has 0 aliphatic heterocycles. The Morgan fingerprint density at radius 1 is 0.972 bits per heavy atom. The van der Waals surface area contributed by atoms with Crippen LogP contribution < -0.4 is 4.74 Å². The van der Waals surface area contributed by atoms with Gasteiger partial charge in [0, 0.05) is 18.7 Å². The number of hydrogen-bond acceptors (Lipinski definition) is 4. The van der Waals surface area contributed by atoms with Gasteiger partial charge in [-0.2, -0.15) is 8.78 Å². The lowest BCUT2D eigenvalue weighted by Gasteiger charge is -2.36. The Morgan fingerprint density at radius 2 is 1.72 bits per heavy atom. The number of likely N-dealkylation sites (N-methyl/N-ethyl adjacent to an activating group) is 1. The Hall–Kier alpha value is -2.28. The molecule has 0 N–H and O–H groups in total. The number of fused-ring (bicyclic) bond motifs is 1. The number of rotatable bonds is 13. The molecule has 0 amide bonds. The minimum atomic E-state index is -3.05. The lowest BCUT2D eigenvalue weighted by Crippen LogP contribution is -2.42. The Morgan fingerprint density at radius 3 is 2.42 bits per heavy atom. The largest absolute Gasteiger partial charge is 0.494 e. The second-order valence-electron chi connectivity index (χ2n) is 10.9. The molecule has 0 fully saturated rings. The molecule has 1 aliphatic carbocycles. The van der Waals surface area contributed by atoms with E-state index in [1.165, 1.54) is 12.1 Å². The van der Waals surface area contributed by atoms with E-state index in [1.807, 2.05) is 68.9 Å². The van der Waals surface area contributed by atoms with Crippen LogP contribution in [0, 0.1) is 0 Å². The average molecular weight is 501 g/mol. The summed E-state index contributed by atoms with van der Waals surface area (Å²) in [6.45, 7) is 9.81. The summed E-state index contributed by atoms with van der Waals surface area (Å²) in [4.78, 5) is 3.94. The standard InChI is InChI=1S/C30H42F2N2O2/c1-7-8-18-35-26-14-11-13-25(20-26)30(31,32)22-34(17-16-33(5)6)28-24(21-36-29(2,3)4)19-23-12-9-10-15-27(23)28/h9-15,19-20,28H,7-8,16-18,21-22H2,1-6H3. The zero-order chi connectivity index (χ0) is 26.3. The smallest absolute Gasteiger partial charge is 0.285 e. The van der Waals surface area contributed by atoms with Crippen molar-refractivity contribution < 1.29 is 18.3 Å². The monoisotopic (exact) mass is 500 g/mol. The number of hydrogen-bond donors (Lipinski definition) is 0. The molecule has 2 aromatic carbocycles. The summed E-state index contributed by atoms with van der Waals surface area (Å²) in [5.74, 6) is -2.56. The van der Waals surface area contributed by atoms with Crippen LogP contribution in [0.4, 0.5) is 8.78 Å². The van der Waals surface area contributed by atoms with Crippen LogP contribution in [0.5, 0.6) is 5.75 Å². The summed E-state index contributed by atoms with van der Waals surface area (Å²) in [7, 11) is 3.94. The molecular formula is C30H42F2N2O2. The van der Waals surface area contributed by atoms with E-state index in [0.29, 0.717) is 32.1 Å². The van der Waals surface area contributed by atoms with Crippen molar-refractivity contribution in [2.24, 2.45) is 0 Å². The molecule has 1 atom stereocenters. The summed E-state index contributed by atoms with van der Waals surface area (Å²) in [5.41, 5.74) is 2.79. The van der Waals surface area contributed by atoms with E-state index in [0.717, 1.165) is 29.5 Å². The molecule has 0 bridgehead atoms. The number of halogens is 2. The van der Waals surface area contributed by atoms with Gasteiger partial charge in [-0.3, -0.25) is 4.90 Å². The summed E-state index contributed by atoms with van der Waals surface area (Å²) in [6, 6.07) is 14.2. The van der Waals surface area contributed by atoms with Crippen molar-refractivity contribution in [1.29, 1.82) is 0 Å². The van der Waals surface area contributed by atoms with Crippen LogP contribution in [0.1, 0.15) is 63.3 Å². The fourth-order valence-corrected chi connectivity index (χ4v) is 4.34. The zero-order valence-electron chi connectivity index (χ0n) is 22.7. The van der Waals surface area contributed by atoms with E-state index in [-0.39, 0.29) is 17.2 Å². The van der Waals surface area contributed by atoms with Crippen LogP contribution in [-0.2, 0) is 10.7 Å². The van der Waals surface area contributed by atoms with Gasteiger partial charge < -0.3 is 14.4 Å². The summed E-state index contributed by atoms with van der Waals surface area (Å²) in [5, 5.41) is 0. The fraction of sp³-hybridized carbons (Fsp3) is 0.533. The minimum absolute atomic E-state index is 0.0193. The first-order valence-electron chi connectivity index (χ1n) is 12.9. The molecular weight excluding hydrogens is 458 g/mol. The molecule has 1 aliphatic rings. The Kier molecular flexibility index (Phi) is 9.67. The van der Waals surface area contributed by atoms with Crippen molar-refractivity contribution in [3.05, 3.63) is 70.8 Å². The predicted octanol–water partition coefficient (Wildman–Crippen LogP) is 6.77. The van der Waals surface area contributed by atoms with Crippen molar-refractivity contribution in [1.82, 2.24) is 9.80 Å². The number of benzene rings is 2. The molecule has 0 saturated heterocycles. The molecule has 1 unspecified atom stereocenters. The average Bonchev–Trinajstić information content (AvgIpc) is 3.19. The van der Waals surface area contributed by atoms with E-state index < -0.39 is 12.5 Å². The van der Waals surface area contributed by atoms with Crippen molar-refractivity contribution >= 4 is 6.08 Å². The van der Waals surface area contributed by atoms with E-state index in [4.69, 9.17) is 9.47 Å². The van der Waals surface area contributed by atoms with Crippen LogP contribution >= 0.6 is 0 Å². The van der Waals surface area contributed by atoms with Crippen molar-refractivity contribution in [2.45, 2.75) is 58.1 Å². The normalized spacial score (nSPS) is 15.9. The lowest BCUT2D eigenvalue weighted by atomic mass is 10.00. The molecule has 0 saturated carbocycles. The highest BCUT2D eigenvalue weighted by Crippen LogP contribution is 2.42. The SMILES string of the molecule is CCCCOc1cccc(C(F)(F)CN(CCN(C)C)C2C(COC(C)(C)C)=Cc3ccccc32)c1. The highest BCUT2D eigenvalue weighted by Gasteiger charge is 2.39. The first-order valence-corrected chi connectivity index (χ1v) is 12.9. The topological polar surface area (TPSA) is 24.9 Å². The lowest BCUT2D eigenvalue weighted by molar-refractivity contribution is -0.0494. The van der Waals surface area contributed by atoms with Gasteiger partial charge in [-0.15, -0.1) is 0 Å². The van der Waals surface area contributed by atoms with E-state index >= 15 is 8.78 Å². The number of ether oxygens (including phenoxy) is 2. The molecule has 2 aromatic rings. The number of unbranched alkanes of at least 4 members (excludes halogenated alkanes) is 1. The van der Waals surface area contributed by atoms with E-state index in [9.17, 15) is 0 Å². The second-order valence-corrected chi connectivity index (χ2v) is 10.9. The Bertz CT molecular complexity index is 1010. The first kappa shape index (κ1) is 28.3. The van der Waals surface area contributed by atoms with Gasteiger partial charge >= 0.3 is 0 Å². The highest BCUT2D eigenvalue weighted by molar-refractivity contribution is 5.66. The van der Waals surface area contributed by atoms with Crippen LogP contribution in [0.15, 0.2) is 54.1 Å². The molecule has 0 radical (unpaired) electrons. The van der Waals surface area contributed by atoms with Gasteiger partial charge in [0.15, 0.2) is 0 Å². The van der Waals surface area contributed by atoms with Gasteiger partial charge in [0.25, 0.3) is 5.92 Å². The highest BCUT2D eigenvalue weighted by atomic mass is 19.3. The van der Waals surface area contributed by atoms with Gasteiger partial charge in [-0.1, -0.05) is 55.8 Å². The zero-order valence-corrected chi connectivity index (χ0v) is 22.7. The minimum Gasteiger partial charge on any atom is -0.494 e. The van der Waals surface area contributed by atoms with Crippen molar-refractivity contribution in [3.63, 3.8) is 0 Å². The predicted molar refractivity (Wildman–Crippen MR) is 144 cm³/mol. The van der Waals surface area contributed by atoms with Gasteiger partial charge in [0.2, 0.25) is 0 Å². The molecule has 0 aromatic heterocycles. The van der Waals surface area contributed by atoms with E-state index in [2.05, 4.69) is 13.0 Å². The number of nitrogens with zero attached hydrogens (tertiary/aromatic N) is 2. The third-order valence-electron chi connectivity index (χ3n) is 6.28. The first-order chi connectivity index (χ1) is 17.0. The quantitative estimate of drug-likeness (QED) is 0.283. The third-order valence-corrected chi connectivity index (χ3v) is 6.28. The van der Waals surface area contributed by atoms with E-state index in [1.54, 1.807) is 12.1 Å². The van der Waals surface area contributed by atoms with Crippen molar-refractivity contribution in [2.75, 3.05) is 46.9 Å². The summed E-state index contributed by atoms with van der Waals surface area (Å²) >= 11 is 0. The van der Waals surface area contributed by atoms with Crippen LogP contribution in [0.2, 0.25) is 0 Å². The van der Waals surface area contributed by atoms with Gasteiger partial charge in [0.05, 0.1) is 31.4 Å². The summed E-state index contributed by atoms with van der Waals surface area (Å²) in [6.07, 6.45) is 3.99. The molecule has 198 valence electrons. The Balaban J connectivity index is 1.90. The number of alkyl halides is 2. The molecule has 0 heterocycles. The third kappa shape index (κ3) is 7.86. The van der Waals surface area contributed by atoms with Crippen LogP contribution in [0.25, 0.3) is 6.08 Å². The molecule has 3 rings (SSSR count). The van der Waals surface area contributed by atoms with Crippen molar-refractivity contribution in [3.8, 4) is 5.75 Å². The van der Waals surface area contributed by atoms with Gasteiger partial charge in [0.1, 0.15) is 5.75 Å². The molecule has 4 nitrogen and oxygen atoms in total. The van der Waals surface area contributed by atoms with Crippen LogP contribution in [-0.4, -0.2) is 62.3 Å². The summed E-state index contributed by atoms with van der Waals surface area (Å²) < 4.78 is 43.6. The fourth-order valence-electron chi connectivity index (χ4n) is 4.34. The second kappa shape index (κ2) is 12.3. The molecule has 6 heteroatoms. The maximum absolute atomic E-state index is 15.9. The van der Waals surface area contributed by atoms with Crippen LogP contribution in [0.3, 0.4) is 0 Å².